The largest absolute Gasteiger partial charge is 0.465 e. The Labute approximate surface area is 127 Å². The van der Waals surface area contributed by atoms with E-state index in [4.69, 9.17) is 11.6 Å². The number of halogens is 1. The molecule has 5 heteroatoms. The zero-order valence-corrected chi connectivity index (χ0v) is 12.2. The molecule has 0 aliphatic carbocycles. The Balaban J connectivity index is 2.00. The minimum atomic E-state index is -0.413. The predicted octanol–water partition coefficient (Wildman–Crippen LogP) is 3.31. The van der Waals surface area contributed by atoms with Crippen molar-refractivity contribution in [1.82, 2.24) is 0 Å². The summed E-state index contributed by atoms with van der Waals surface area (Å²) in [5.74, 6) is -0.585. The van der Waals surface area contributed by atoms with Crippen molar-refractivity contribution in [1.29, 1.82) is 0 Å². The summed E-state index contributed by atoms with van der Waals surface area (Å²) in [7, 11) is 1.32. The van der Waals surface area contributed by atoms with Gasteiger partial charge in [-0.2, -0.15) is 0 Å². The van der Waals surface area contributed by atoms with Crippen molar-refractivity contribution in [3.8, 4) is 0 Å². The summed E-state index contributed by atoms with van der Waals surface area (Å²) in [5.41, 5.74) is 1.81. The maximum Gasteiger partial charge on any atom is 0.337 e. The number of methoxy groups -OCH3 is 1. The van der Waals surface area contributed by atoms with E-state index in [0.29, 0.717) is 16.3 Å². The van der Waals surface area contributed by atoms with E-state index in [1.54, 1.807) is 30.3 Å². The first-order valence-electron chi connectivity index (χ1n) is 6.32. The SMILES string of the molecule is COC(=O)c1ccc(NC(=O)Cc2ccccc2Cl)cc1. The summed E-state index contributed by atoms with van der Waals surface area (Å²) in [4.78, 5) is 23.2. The van der Waals surface area contributed by atoms with Crippen LogP contribution in [-0.4, -0.2) is 19.0 Å². The van der Waals surface area contributed by atoms with Gasteiger partial charge in [-0.05, 0) is 35.9 Å². The van der Waals surface area contributed by atoms with Crippen molar-refractivity contribution in [3.63, 3.8) is 0 Å². The van der Waals surface area contributed by atoms with Gasteiger partial charge in [0.25, 0.3) is 0 Å². The summed E-state index contributed by atoms with van der Waals surface area (Å²) >= 11 is 6.01. The molecular formula is C16H14ClNO3. The molecule has 2 aromatic rings. The Kier molecular flexibility index (Phi) is 4.95. The first-order valence-corrected chi connectivity index (χ1v) is 6.69. The van der Waals surface area contributed by atoms with Gasteiger partial charge in [0, 0.05) is 10.7 Å². The number of hydrogen-bond acceptors (Lipinski definition) is 3. The number of esters is 1. The average molecular weight is 304 g/mol. The molecule has 0 aliphatic heterocycles. The van der Waals surface area contributed by atoms with Crippen molar-refractivity contribution in [2.45, 2.75) is 6.42 Å². The quantitative estimate of drug-likeness (QED) is 0.882. The Bertz CT molecular complexity index is 653. The highest BCUT2D eigenvalue weighted by atomic mass is 35.5. The fourth-order valence-electron chi connectivity index (χ4n) is 1.83. The van der Waals surface area contributed by atoms with Crippen LogP contribution in [0.5, 0.6) is 0 Å². The van der Waals surface area contributed by atoms with Gasteiger partial charge in [-0.1, -0.05) is 29.8 Å². The normalized spacial score (nSPS) is 10.0. The molecule has 0 atom stereocenters. The summed E-state index contributed by atoms with van der Waals surface area (Å²) in [5, 5.41) is 3.32. The van der Waals surface area contributed by atoms with E-state index >= 15 is 0 Å². The van der Waals surface area contributed by atoms with Gasteiger partial charge in [0.05, 0.1) is 19.1 Å². The molecule has 0 saturated heterocycles. The molecule has 0 radical (unpaired) electrons. The van der Waals surface area contributed by atoms with Gasteiger partial charge < -0.3 is 10.1 Å². The lowest BCUT2D eigenvalue weighted by Crippen LogP contribution is -2.14. The molecule has 0 fully saturated rings. The zero-order valence-electron chi connectivity index (χ0n) is 11.4. The Morgan fingerprint density at radius 3 is 2.38 bits per heavy atom. The Hall–Kier alpha value is -2.33. The molecule has 1 N–H and O–H groups in total. The molecule has 0 aliphatic rings. The third-order valence-corrected chi connectivity index (χ3v) is 3.27. The lowest BCUT2D eigenvalue weighted by Gasteiger charge is -2.07. The van der Waals surface area contributed by atoms with Crippen molar-refractivity contribution in [2.75, 3.05) is 12.4 Å². The van der Waals surface area contributed by atoms with Crippen molar-refractivity contribution in [2.24, 2.45) is 0 Å². The van der Waals surface area contributed by atoms with Crippen molar-refractivity contribution in [3.05, 3.63) is 64.7 Å². The zero-order chi connectivity index (χ0) is 15.2. The van der Waals surface area contributed by atoms with Crippen LogP contribution in [0.25, 0.3) is 0 Å². The van der Waals surface area contributed by atoms with E-state index < -0.39 is 5.97 Å². The minimum Gasteiger partial charge on any atom is -0.465 e. The third-order valence-electron chi connectivity index (χ3n) is 2.90. The van der Waals surface area contributed by atoms with Crippen LogP contribution in [0.3, 0.4) is 0 Å². The molecule has 2 rings (SSSR count). The highest BCUT2D eigenvalue weighted by molar-refractivity contribution is 6.31. The summed E-state index contributed by atoms with van der Waals surface area (Å²) in [6, 6.07) is 13.7. The molecule has 0 spiro atoms. The first kappa shape index (κ1) is 15.1. The highest BCUT2D eigenvalue weighted by Crippen LogP contribution is 2.16. The number of rotatable bonds is 4. The summed E-state index contributed by atoms with van der Waals surface area (Å²) < 4.78 is 4.61. The summed E-state index contributed by atoms with van der Waals surface area (Å²) in [6.45, 7) is 0. The van der Waals surface area contributed by atoms with Crippen LogP contribution < -0.4 is 5.32 Å². The van der Waals surface area contributed by atoms with Crippen LogP contribution >= 0.6 is 11.6 Å². The van der Waals surface area contributed by atoms with Crippen LogP contribution in [-0.2, 0) is 16.0 Å². The van der Waals surface area contributed by atoms with Gasteiger partial charge in [-0.25, -0.2) is 4.79 Å². The monoisotopic (exact) mass is 303 g/mol. The Morgan fingerprint density at radius 2 is 1.76 bits per heavy atom. The second kappa shape index (κ2) is 6.90. The van der Waals surface area contributed by atoms with E-state index in [1.807, 2.05) is 18.2 Å². The van der Waals surface area contributed by atoms with Gasteiger partial charge in [-0.3, -0.25) is 4.79 Å². The maximum absolute atomic E-state index is 11.9. The van der Waals surface area contributed by atoms with E-state index in [0.717, 1.165) is 5.56 Å². The third kappa shape index (κ3) is 4.07. The molecule has 108 valence electrons. The number of nitrogens with one attached hydrogen (secondary N) is 1. The molecular weight excluding hydrogens is 290 g/mol. The molecule has 0 unspecified atom stereocenters. The van der Waals surface area contributed by atoms with Gasteiger partial charge in [0.1, 0.15) is 0 Å². The van der Waals surface area contributed by atoms with Gasteiger partial charge in [0.15, 0.2) is 0 Å². The van der Waals surface area contributed by atoms with E-state index in [2.05, 4.69) is 10.1 Å². The molecule has 2 aromatic carbocycles. The molecule has 0 saturated carbocycles. The van der Waals surface area contributed by atoms with Crippen LogP contribution in [0.15, 0.2) is 48.5 Å². The minimum absolute atomic E-state index is 0.172. The number of carbonyl (C=O) groups excluding carboxylic acids is 2. The second-order valence-corrected chi connectivity index (χ2v) is 4.79. The van der Waals surface area contributed by atoms with Crippen molar-refractivity contribution < 1.29 is 14.3 Å². The number of carbonyl (C=O) groups is 2. The maximum atomic E-state index is 11.9. The van der Waals surface area contributed by atoms with E-state index in [9.17, 15) is 9.59 Å². The molecule has 0 aromatic heterocycles. The highest BCUT2D eigenvalue weighted by Gasteiger charge is 2.08. The molecule has 0 bridgehead atoms. The lowest BCUT2D eigenvalue weighted by molar-refractivity contribution is -0.115. The number of amides is 1. The number of ether oxygens (including phenoxy) is 1. The molecule has 21 heavy (non-hydrogen) atoms. The topological polar surface area (TPSA) is 55.4 Å². The van der Waals surface area contributed by atoms with Crippen LogP contribution in [0.4, 0.5) is 5.69 Å². The van der Waals surface area contributed by atoms with Crippen LogP contribution in [0, 0.1) is 0 Å². The lowest BCUT2D eigenvalue weighted by atomic mass is 10.1. The first-order chi connectivity index (χ1) is 10.1. The van der Waals surface area contributed by atoms with Crippen molar-refractivity contribution >= 4 is 29.2 Å². The molecule has 4 nitrogen and oxygen atoms in total. The number of benzene rings is 2. The number of anilines is 1. The summed E-state index contributed by atoms with van der Waals surface area (Å²) in [6.07, 6.45) is 0.193. The van der Waals surface area contributed by atoms with Crippen LogP contribution in [0.2, 0.25) is 5.02 Å². The van der Waals surface area contributed by atoms with Gasteiger partial charge >= 0.3 is 5.97 Å². The smallest absolute Gasteiger partial charge is 0.337 e. The fraction of sp³-hybridized carbons (Fsp3) is 0.125. The fourth-order valence-corrected chi connectivity index (χ4v) is 2.03. The van der Waals surface area contributed by atoms with E-state index in [-0.39, 0.29) is 12.3 Å². The van der Waals surface area contributed by atoms with Gasteiger partial charge in [0.2, 0.25) is 5.91 Å². The van der Waals surface area contributed by atoms with E-state index in [1.165, 1.54) is 7.11 Å². The van der Waals surface area contributed by atoms with Gasteiger partial charge in [-0.15, -0.1) is 0 Å². The van der Waals surface area contributed by atoms with Crippen LogP contribution in [0.1, 0.15) is 15.9 Å². The average Bonchev–Trinajstić information content (AvgIpc) is 2.49. The predicted molar refractivity (Wildman–Crippen MR) is 81.6 cm³/mol. The second-order valence-electron chi connectivity index (χ2n) is 4.39. The molecule has 1 amide bonds. The Morgan fingerprint density at radius 1 is 1.10 bits per heavy atom. The standard InChI is InChI=1S/C16H14ClNO3/c1-21-16(20)11-6-8-13(9-7-11)18-15(19)10-12-4-2-3-5-14(12)17/h2-9H,10H2,1H3,(H,18,19). The molecule has 0 heterocycles. The number of hydrogen-bond donors (Lipinski definition) is 1.